The summed E-state index contributed by atoms with van der Waals surface area (Å²) in [5.74, 6) is 0.499. The van der Waals surface area contributed by atoms with Gasteiger partial charge in [-0.3, -0.25) is 0 Å². The fourth-order valence-corrected chi connectivity index (χ4v) is 2.62. The van der Waals surface area contributed by atoms with Crippen molar-refractivity contribution < 1.29 is 0 Å². The van der Waals surface area contributed by atoms with Crippen molar-refractivity contribution in [1.82, 2.24) is 0 Å². The molecule has 18 heavy (non-hydrogen) atoms. The Bertz CT molecular complexity index is 306. The van der Waals surface area contributed by atoms with E-state index in [2.05, 4.69) is 51.1 Å². The molecule has 2 heteroatoms. The van der Waals surface area contributed by atoms with E-state index in [-0.39, 0.29) is 17.9 Å². The number of hydrogen-bond donors (Lipinski definition) is 1. The first-order chi connectivity index (χ1) is 8.18. The summed E-state index contributed by atoms with van der Waals surface area (Å²) in [5, 5.41) is 0. The van der Waals surface area contributed by atoms with Gasteiger partial charge < -0.3 is 5.73 Å². The Kier molecular flexibility index (Phi) is 8.30. The Balaban J connectivity index is 0.00000289. The van der Waals surface area contributed by atoms with Crippen LogP contribution in [0.3, 0.4) is 0 Å². The van der Waals surface area contributed by atoms with Crippen molar-refractivity contribution in [3.05, 3.63) is 35.9 Å². The van der Waals surface area contributed by atoms with Crippen LogP contribution in [0.5, 0.6) is 0 Å². The maximum atomic E-state index is 6.61. The number of nitrogens with two attached hydrogens (primary N) is 1. The molecule has 0 spiro atoms. The summed E-state index contributed by atoms with van der Waals surface area (Å²) in [6.07, 6.45) is 5.81. The molecule has 1 nitrogen and oxygen atoms in total. The zero-order chi connectivity index (χ0) is 12.7. The Hall–Kier alpha value is -0.530. The summed E-state index contributed by atoms with van der Waals surface area (Å²) >= 11 is 0. The minimum Gasteiger partial charge on any atom is -0.325 e. The van der Waals surface area contributed by atoms with E-state index in [1.807, 2.05) is 0 Å². The van der Waals surface area contributed by atoms with E-state index in [9.17, 15) is 0 Å². The molecule has 1 atom stereocenters. The quantitative estimate of drug-likeness (QED) is 0.749. The van der Waals surface area contributed by atoms with Crippen LogP contribution in [0.25, 0.3) is 0 Å². The summed E-state index contributed by atoms with van der Waals surface area (Å²) in [7, 11) is 0. The largest absolute Gasteiger partial charge is 0.325 e. The van der Waals surface area contributed by atoms with Crippen LogP contribution in [-0.2, 0) is 0 Å². The van der Waals surface area contributed by atoms with Gasteiger partial charge in [0.2, 0.25) is 0 Å². The zero-order valence-corrected chi connectivity index (χ0v) is 12.8. The van der Waals surface area contributed by atoms with Crippen LogP contribution in [0, 0.1) is 0 Å². The molecule has 0 aliphatic heterocycles. The second kappa shape index (κ2) is 8.55. The summed E-state index contributed by atoms with van der Waals surface area (Å²) in [6, 6.07) is 10.8. The average molecular weight is 270 g/mol. The molecule has 0 fully saturated rings. The van der Waals surface area contributed by atoms with Crippen molar-refractivity contribution in [1.29, 1.82) is 0 Å². The van der Waals surface area contributed by atoms with Crippen molar-refractivity contribution >= 4 is 12.4 Å². The Labute approximate surface area is 119 Å². The van der Waals surface area contributed by atoms with Gasteiger partial charge in [0, 0.05) is 11.5 Å². The third-order valence-electron chi connectivity index (χ3n) is 4.06. The van der Waals surface area contributed by atoms with Gasteiger partial charge in [-0.2, -0.15) is 0 Å². The molecule has 2 N–H and O–H groups in total. The lowest BCUT2D eigenvalue weighted by Crippen LogP contribution is -2.44. The van der Waals surface area contributed by atoms with Crippen LogP contribution in [0.2, 0.25) is 0 Å². The number of unbranched alkanes of at least 4 members (excludes halogenated alkanes) is 1. The first-order valence-electron chi connectivity index (χ1n) is 7.01. The van der Waals surface area contributed by atoms with Crippen LogP contribution in [0.1, 0.15) is 64.4 Å². The van der Waals surface area contributed by atoms with Gasteiger partial charge in [0.1, 0.15) is 0 Å². The lowest BCUT2D eigenvalue weighted by atomic mass is 9.74. The molecule has 0 aromatic heterocycles. The number of rotatable bonds is 7. The molecule has 104 valence electrons. The maximum Gasteiger partial charge on any atom is 0.0218 e. The van der Waals surface area contributed by atoms with E-state index >= 15 is 0 Å². The number of hydrogen-bond acceptors (Lipinski definition) is 1. The molecule has 1 unspecified atom stereocenters. The topological polar surface area (TPSA) is 26.0 Å². The van der Waals surface area contributed by atoms with Crippen LogP contribution in [0.15, 0.2) is 30.3 Å². The fourth-order valence-electron chi connectivity index (χ4n) is 2.62. The van der Waals surface area contributed by atoms with Gasteiger partial charge >= 0.3 is 0 Å². The normalized spacial score (nSPS) is 12.9. The first kappa shape index (κ1) is 17.5. The average Bonchev–Trinajstić information content (AvgIpc) is 2.40. The molecule has 0 aliphatic rings. The van der Waals surface area contributed by atoms with Crippen molar-refractivity contribution in [2.24, 2.45) is 5.73 Å². The van der Waals surface area contributed by atoms with Crippen LogP contribution < -0.4 is 5.73 Å². The first-order valence-corrected chi connectivity index (χ1v) is 7.01. The SMILES string of the molecule is CCCCC(c1ccccc1)C(N)(CC)CC.Cl. The number of halogens is 1. The van der Waals surface area contributed by atoms with Crippen molar-refractivity contribution in [3.63, 3.8) is 0 Å². The predicted molar refractivity (Wildman–Crippen MR) is 83.5 cm³/mol. The summed E-state index contributed by atoms with van der Waals surface area (Å²) in [6.45, 7) is 6.68. The smallest absolute Gasteiger partial charge is 0.0218 e. The molecule has 0 saturated heterocycles. The summed E-state index contributed by atoms with van der Waals surface area (Å²) in [5.41, 5.74) is 7.98. The van der Waals surface area contributed by atoms with Gasteiger partial charge in [0.15, 0.2) is 0 Å². The molecular formula is C16H28ClN. The fraction of sp³-hybridized carbons (Fsp3) is 0.625. The Morgan fingerprint density at radius 1 is 1.06 bits per heavy atom. The molecule has 1 aromatic carbocycles. The molecule has 0 radical (unpaired) electrons. The van der Waals surface area contributed by atoms with E-state index in [1.54, 1.807) is 0 Å². The highest BCUT2D eigenvalue weighted by molar-refractivity contribution is 5.85. The van der Waals surface area contributed by atoms with E-state index in [1.165, 1.54) is 24.8 Å². The van der Waals surface area contributed by atoms with E-state index < -0.39 is 0 Å². The molecular weight excluding hydrogens is 242 g/mol. The highest BCUT2D eigenvalue weighted by Gasteiger charge is 2.31. The molecule has 0 aliphatic carbocycles. The standard InChI is InChI=1S/C16H27N.ClH/c1-4-7-13-15(16(17,5-2)6-3)14-11-9-8-10-12-14;/h8-12,15H,4-7,13,17H2,1-3H3;1H. The molecule has 0 bridgehead atoms. The monoisotopic (exact) mass is 269 g/mol. The summed E-state index contributed by atoms with van der Waals surface area (Å²) in [4.78, 5) is 0. The van der Waals surface area contributed by atoms with Gasteiger partial charge in [0.05, 0.1) is 0 Å². The highest BCUT2D eigenvalue weighted by atomic mass is 35.5. The Morgan fingerprint density at radius 2 is 1.61 bits per heavy atom. The third-order valence-corrected chi connectivity index (χ3v) is 4.06. The third kappa shape index (κ3) is 4.29. The van der Waals surface area contributed by atoms with Crippen LogP contribution in [-0.4, -0.2) is 5.54 Å². The molecule has 0 heterocycles. The van der Waals surface area contributed by atoms with Crippen molar-refractivity contribution in [2.75, 3.05) is 0 Å². The minimum absolute atomic E-state index is 0. The van der Waals surface area contributed by atoms with E-state index in [4.69, 9.17) is 5.73 Å². The minimum atomic E-state index is -0.0451. The second-order valence-electron chi connectivity index (χ2n) is 5.05. The van der Waals surface area contributed by atoms with E-state index in [0.717, 1.165) is 12.8 Å². The molecule has 1 rings (SSSR count). The van der Waals surface area contributed by atoms with Gasteiger partial charge in [-0.25, -0.2) is 0 Å². The van der Waals surface area contributed by atoms with Gasteiger partial charge in [0.25, 0.3) is 0 Å². The van der Waals surface area contributed by atoms with Crippen LogP contribution >= 0.6 is 12.4 Å². The summed E-state index contributed by atoms with van der Waals surface area (Å²) < 4.78 is 0. The molecule has 0 saturated carbocycles. The zero-order valence-electron chi connectivity index (χ0n) is 12.0. The molecule has 0 amide bonds. The lowest BCUT2D eigenvalue weighted by molar-refractivity contribution is 0.302. The van der Waals surface area contributed by atoms with Gasteiger partial charge in [-0.05, 0) is 24.8 Å². The van der Waals surface area contributed by atoms with Crippen molar-refractivity contribution in [2.45, 2.75) is 64.3 Å². The maximum absolute atomic E-state index is 6.61. The predicted octanol–water partition coefficient (Wildman–Crippen LogP) is 4.90. The van der Waals surface area contributed by atoms with Gasteiger partial charge in [-0.1, -0.05) is 63.9 Å². The number of benzene rings is 1. The van der Waals surface area contributed by atoms with Crippen LogP contribution in [0.4, 0.5) is 0 Å². The van der Waals surface area contributed by atoms with E-state index in [0.29, 0.717) is 5.92 Å². The van der Waals surface area contributed by atoms with Gasteiger partial charge in [-0.15, -0.1) is 12.4 Å². The lowest BCUT2D eigenvalue weighted by Gasteiger charge is -2.36. The second-order valence-corrected chi connectivity index (χ2v) is 5.05. The highest BCUT2D eigenvalue weighted by Crippen LogP contribution is 2.35. The van der Waals surface area contributed by atoms with Crippen molar-refractivity contribution in [3.8, 4) is 0 Å². The Morgan fingerprint density at radius 3 is 2.06 bits per heavy atom. The molecule has 1 aromatic rings.